The van der Waals surface area contributed by atoms with E-state index < -0.39 is 0 Å². The van der Waals surface area contributed by atoms with E-state index in [4.69, 9.17) is 4.74 Å². The van der Waals surface area contributed by atoms with E-state index in [1.165, 1.54) is 18.4 Å². The zero-order valence-corrected chi connectivity index (χ0v) is 13.1. The molecule has 1 heterocycles. The molecule has 1 saturated heterocycles. The van der Waals surface area contributed by atoms with E-state index in [0.717, 1.165) is 25.3 Å². The summed E-state index contributed by atoms with van der Waals surface area (Å²) in [4.78, 5) is 14.2. The van der Waals surface area contributed by atoms with Crippen LogP contribution in [0, 0.1) is 0 Å². The zero-order valence-electron chi connectivity index (χ0n) is 13.1. The molecule has 1 aromatic rings. The van der Waals surface area contributed by atoms with Crippen molar-refractivity contribution in [3.8, 4) is 5.75 Å². The summed E-state index contributed by atoms with van der Waals surface area (Å²) < 4.78 is 5.50. The van der Waals surface area contributed by atoms with Gasteiger partial charge in [0.25, 0.3) is 0 Å². The number of carbonyl (C=O) groups is 1. The highest BCUT2D eigenvalue weighted by atomic mass is 16.5. The Hall–Kier alpha value is -1.55. The van der Waals surface area contributed by atoms with Crippen LogP contribution in [0.5, 0.6) is 5.75 Å². The van der Waals surface area contributed by atoms with Gasteiger partial charge in [0.15, 0.2) is 0 Å². The summed E-state index contributed by atoms with van der Waals surface area (Å²) in [5.74, 6) is 1.04. The minimum atomic E-state index is 0.136. The van der Waals surface area contributed by atoms with Gasteiger partial charge in [-0.25, -0.2) is 0 Å². The Morgan fingerprint density at radius 1 is 1.33 bits per heavy atom. The van der Waals surface area contributed by atoms with E-state index in [1.54, 1.807) is 7.11 Å². The van der Waals surface area contributed by atoms with Gasteiger partial charge in [-0.05, 0) is 38.4 Å². The molecule has 1 N–H and O–H groups in total. The van der Waals surface area contributed by atoms with Gasteiger partial charge in [-0.1, -0.05) is 25.1 Å². The van der Waals surface area contributed by atoms with E-state index in [-0.39, 0.29) is 11.9 Å². The van der Waals surface area contributed by atoms with Crippen molar-refractivity contribution in [3.05, 3.63) is 29.8 Å². The van der Waals surface area contributed by atoms with E-state index in [2.05, 4.69) is 16.3 Å². The number of para-hydroxylation sites is 1. The molecule has 2 rings (SSSR count). The molecule has 1 fully saturated rings. The molecule has 0 bridgehead atoms. The maximum absolute atomic E-state index is 11.8. The van der Waals surface area contributed by atoms with Gasteiger partial charge in [0, 0.05) is 18.5 Å². The first-order valence-electron chi connectivity index (χ1n) is 7.90. The summed E-state index contributed by atoms with van der Waals surface area (Å²) in [7, 11) is 1.70. The predicted molar refractivity (Wildman–Crippen MR) is 84.5 cm³/mol. The number of methoxy groups -OCH3 is 1. The topological polar surface area (TPSA) is 41.6 Å². The van der Waals surface area contributed by atoms with Crippen molar-refractivity contribution in [2.24, 2.45) is 0 Å². The van der Waals surface area contributed by atoms with Gasteiger partial charge < -0.3 is 10.1 Å². The summed E-state index contributed by atoms with van der Waals surface area (Å²) in [6.45, 7) is 4.86. The SMILES string of the molecule is CCCC(=O)NCC(c1ccccc1OC)N1CCCC1. The quantitative estimate of drug-likeness (QED) is 0.839. The van der Waals surface area contributed by atoms with Crippen molar-refractivity contribution in [1.29, 1.82) is 0 Å². The molecule has 0 spiro atoms. The molecule has 1 aliphatic heterocycles. The van der Waals surface area contributed by atoms with Crippen LogP contribution in [0.15, 0.2) is 24.3 Å². The van der Waals surface area contributed by atoms with Gasteiger partial charge >= 0.3 is 0 Å². The molecule has 1 aromatic carbocycles. The summed E-state index contributed by atoms with van der Waals surface area (Å²) in [5.41, 5.74) is 1.17. The molecule has 1 amide bonds. The summed E-state index contributed by atoms with van der Waals surface area (Å²) in [5, 5.41) is 3.07. The molecule has 0 saturated carbocycles. The third-order valence-electron chi connectivity index (χ3n) is 4.05. The molecule has 1 unspecified atom stereocenters. The molecule has 116 valence electrons. The minimum absolute atomic E-state index is 0.136. The normalized spacial score (nSPS) is 16.7. The van der Waals surface area contributed by atoms with Crippen molar-refractivity contribution in [2.75, 3.05) is 26.7 Å². The number of amides is 1. The van der Waals surface area contributed by atoms with Gasteiger partial charge in [0.05, 0.1) is 13.2 Å². The fourth-order valence-electron chi connectivity index (χ4n) is 2.96. The smallest absolute Gasteiger partial charge is 0.220 e. The first kappa shape index (κ1) is 15.8. The predicted octanol–water partition coefficient (Wildman–Crippen LogP) is 2.75. The number of hydrogen-bond acceptors (Lipinski definition) is 3. The van der Waals surface area contributed by atoms with Gasteiger partial charge in [-0.2, -0.15) is 0 Å². The van der Waals surface area contributed by atoms with E-state index in [9.17, 15) is 4.79 Å². The monoisotopic (exact) mass is 290 g/mol. The highest BCUT2D eigenvalue weighted by Gasteiger charge is 2.26. The van der Waals surface area contributed by atoms with Crippen molar-refractivity contribution < 1.29 is 9.53 Å². The summed E-state index contributed by atoms with van der Waals surface area (Å²) in [6.07, 6.45) is 3.94. The summed E-state index contributed by atoms with van der Waals surface area (Å²) in [6, 6.07) is 8.32. The fourth-order valence-corrected chi connectivity index (χ4v) is 2.96. The average molecular weight is 290 g/mol. The first-order valence-corrected chi connectivity index (χ1v) is 7.90. The standard InChI is InChI=1S/C17H26N2O2/c1-3-8-17(20)18-13-15(19-11-6-7-12-19)14-9-4-5-10-16(14)21-2/h4-5,9-10,15H,3,6-8,11-13H2,1-2H3,(H,18,20). The van der Waals surface area contributed by atoms with Crippen LogP contribution in [0.4, 0.5) is 0 Å². The zero-order chi connectivity index (χ0) is 15.1. The molecule has 1 atom stereocenters. The largest absolute Gasteiger partial charge is 0.496 e. The number of hydrogen-bond donors (Lipinski definition) is 1. The second kappa shape index (κ2) is 8.03. The number of ether oxygens (including phenoxy) is 1. The highest BCUT2D eigenvalue weighted by molar-refractivity contribution is 5.75. The number of rotatable bonds is 7. The molecule has 21 heavy (non-hydrogen) atoms. The molecule has 0 aliphatic carbocycles. The van der Waals surface area contributed by atoms with Gasteiger partial charge in [0.2, 0.25) is 5.91 Å². The Morgan fingerprint density at radius 3 is 2.71 bits per heavy atom. The van der Waals surface area contributed by atoms with Crippen LogP contribution < -0.4 is 10.1 Å². The maximum atomic E-state index is 11.8. The third-order valence-corrected chi connectivity index (χ3v) is 4.05. The minimum Gasteiger partial charge on any atom is -0.496 e. The molecule has 1 aliphatic rings. The lowest BCUT2D eigenvalue weighted by Crippen LogP contribution is -2.36. The van der Waals surface area contributed by atoms with Crippen LogP contribution in [-0.4, -0.2) is 37.6 Å². The van der Waals surface area contributed by atoms with Crippen molar-refractivity contribution >= 4 is 5.91 Å². The number of nitrogens with one attached hydrogen (secondary N) is 1. The van der Waals surface area contributed by atoms with E-state index >= 15 is 0 Å². The second-order valence-electron chi connectivity index (χ2n) is 5.55. The molecule has 0 radical (unpaired) electrons. The Bertz CT molecular complexity index is 456. The van der Waals surface area contributed by atoms with Crippen molar-refractivity contribution in [2.45, 2.75) is 38.6 Å². The second-order valence-corrected chi connectivity index (χ2v) is 5.55. The molecular weight excluding hydrogens is 264 g/mol. The molecular formula is C17H26N2O2. The van der Waals surface area contributed by atoms with E-state index in [1.807, 2.05) is 25.1 Å². The lowest BCUT2D eigenvalue weighted by Gasteiger charge is -2.29. The lowest BCUT2D eigenvalue weighted by atomic mass is 10.0. The van der Waals surface area contributed by atoms with Gasteiger partial charge in [-0.15, -0.1) is 0 Å². The van der Waals surface area contributed by atoms with Crippen LogP contribution in [0.3, 0.4) is 0 Å². The van der Waals surface area contributed by atoms with E-state index in [0.29, 0.717) is 13.0 Å². The molecule has 4 nitrogen and oxygen atoms in total. The van der Waals surface area contributed by atoms with Crippen LogP contribution in [0.2, 0.25) is 0 Å². The Balaban J connectivity index is 2.13. The Labute approximate surface area is 127 Å². The highest BCUT2D eigenvalue weighted by Crippen LogP contribution is 2.31. The third kappa shape index (κ3) is 4.21. The van der Waals surface area contributed by atoms with Crippen LogP contribution in [0.1, 0.15) is 44.2 Å². The van der Waals surface area contributed by atoms with Crippen LogP contribution in [-0.2, 0) is 4.79 Å². The number of likely N-dealkylation sites (tertiary alicyclic amines) is 1. The molecule has 4 heteroatoms. The van der Waals surface area contributed by atoms with Crippen molar-refractivity contribution in [1.82, 2.24) is 10.2 Å². The number of carbonyl (C=O) groups excluding carboxylic acids is 1. The van der Waals surface area contributed by atoms with Crippen LogP contribution in [0.25, 0.3) is 0 Å². The number of benzene rings is 1. The Kier molecular flexibility index (Phi) is 6.05. The maximum Gasteiger partial charge on any atom is 0.220 e. The molecule has 0 aromatic heterocycles. The van der Waals surface area contributed by atoms with Gasteiger partial charge in [-0.3, -0.25) is 9.69 Å². The first-order chi connectivity index (χ1) is 10.3. The fraction of sp³-hybridized carbons (Fsp3) is 0.588. The van der Waals surface area contributed by atoms with Crippen molar-refractivity contribution in [3.63, 3.8) is 0 Å². The summed E-state index contributed by atoms with van der Waals surface area (Å²) >= 11 is 0. The number of nitrogens with zero attached hydrogens (tertiary/aromatic N) is 1. The Morgan fingerprint density at radius 2 is 2.05 bits per heavy atom. The average Bonchev–Trinajstić information content (AvgIpc) is 3.02. The van der Waals surface area contributed by atoms with Crippen LogP contribution >= 0.6 is 0 Å². The van der Waals surface area contributed by atoms with Gasteiger partial charge in [0.1, 0.15) is 5.75 Å². The lowest BCUT2D eigenvalue weighted by molar-refractivity contribution is -0.121.